The summed E-state index contributed by atoms with van der Waals surface area (Å²) in [5.41, 5.74) is 2.01. The van der Waals surface area contributed by atoms with Crippen LogP contribution in [-0.4, -0.2) is 64.0 Å². The Morgan fingerprint density at radius 2 is 1.77 bits per heavy atom. The Bertz CT molecular complexity index is 1440. The number of amidine groups is 1. The van der Waals surface area contributed by atoms with Crippen LogP contribution in [0.4, 0.5) is 20.3 Å². The predicted octanol–water partition coefficient (Wildman–Crippen LogP) is 5.88. The smallest absolute Gasteiger partial charge is 0.149 e. The van der Waals surface area contributed by atoms with Crippen LogP contribution >= 0.6 is 0 Å². The molecular formula is C31H37F2N7. The number of aliphatic imine (C=N–C) groups is 1. The van der Waals surface area contributed by atoms with E-state index in [0.717, 1.165) is 54.9 Å². The van der Waals surface area contributed by atoms with Crippen LogP contribution in [0, 0.1) is 17.6 Å². The van der Waals surface area contributed by atoms with Gasteiger partial charge in [-0.3, -0.25) is 9.98 Å². The summed E-state index contributed by atoms with van der Waals surface area (Å²) in [7, 11) is 2.19. The second-order valence-corrected chi connectivity index (χ2v) is 12.3. The molecule has 0 radical (unpaired) electrons. The summed E-state index contributed by atoms with van der Waals surface area (Å²) in [4.78, 5) is 24.7. The minimum absolute atomic E-state index is 0.0313. The van der Waals surface area contributed by atoms with Gasteiger partial charge in [-0.25, -0.2) is 18.7 Å². The predicted molar refractivity (Wildman–Crippen MR) is 154 cm³/mol. The van der Waals surface area contributed by atoms with Crippen molar-refractivity contribution in [1.82, 2.24) is 19.9 Å². The Morgan fingerprint density at radius 1 is 1.02 bits per heavy atom. The molecule has 0 amide bonds. The van der Waals surface area contributed by atoms with Crippen molar-refractivity contribution in [2.75, 3.05) is 30.4 Å². The highest BCUT2D eigenvalue weighted by atomic mass is 19.1. The Hall–Kier alpha value is -3.20. The molecule has 0 bridgehead atoms. The first-order chi connectivity index (χ1) is 19.4. The molecule has 9 heteroatoms. The number of nitrogens with one attached hydrogen (secondary N) is 1. The number of halogens is 2. The molecule has 2 aliphatic heterocycles. The number of anilines is 2. The van der Waals surface area contributed by atoms with E-state index in [-0.39, 0.29) is 17.6 Å². The fraction of sp³-hybridized carbons (Fsp3) is 0.548. The van der Waals surface area contributed by atoms with E-state index in [2.05, 4.69) is 41.0 Å². The van der Waals surface area contributed by atoms with Crippen molar-refractivity contribution in [3.05, 3.63) is 53.6 Å². The summed E-state index contributed by atoms with van der Waals surface area (Å²) in [5, 5.41) is 4.10. The van der Waals surface area contributed by atoms with Crippen LogP contribution in [0.1, 0.15) is 75.6 Å². The summed E-state index contributed by atoms with van der Waals surface area (Å²) in [6.45, 7) is 6.71. The quantitative estimate of drug-likeness (QED) is 0.418. The van der Waals surface area contributed by atoms with Gasteiger partial charge in [-0.1, -0.05) is 6.07 Å². The first kappa shape index (κ1) is 25.7. The lowest BCUT2D eigenvalue weighted by Crippen LogP contribution is -2.46. The van der Waals surface area contributed by atoms with E-state index in [1.165, 1.54) is 36.6 Å². The van der Waals surface area contributed by atoms with Gasteiger partial charge >= 0.3 is 0 Å². The molecule has 1 aromatic carbocycles. The van der Waals surface area contributed by atoms with Crippen molar-refractivity contribution < 1.29 is 8.78 Å². The van der Waals surface area contributed by atoms with Crippen LogP contribution in [0.2, 0.25) is 0 Å². The molecule has 3 fully saturated rings. The number of para-hydroxylation sites is 1. The normalized spacial score (nSPS) is 25.1. The van der Waals surface area contributed by atoms with Crippen LogP contribution in [-0.2, 0) is 0 Å². The molecule has 2 aromatic heterocycles. The fourth-order valence-corrected chi connectivity index (χ4v) is 6.72. The Morgan fingerprint density at radius 3 is 2.48 bits per heavy atom. The van der Waals surface area contributed by atoms with Gasteiger partial charge < -0.3 is 15.1 Å². The third-order valence-corrected chi connectivity index (χ3v) is 9.38. The van der Waals surface area contributed by atoms with Crippen LogP contribution in [0.5, 0.6) is 0 Å². The number of aromatic nitrogens is 3. The topological polar surface area (TPSA) is 69.5 Å². The third-order valence-electron chi connectivity index (χ3n) is 9.38. The van der Waals surface area contributed by atoms with Gasteiger partial charge in [0.05, 0.1) is 17.8 Å². The molecule has 210 valence electrons. The molecule has 7 rings (SSSR count). The molecule has 3 aromatic rings. The van der Waals surface area contributed by atoms with Crippen molar-refractivity contribution in [3.63, 3.8) is 0 Å². The maximum absolute atomic E-state index is 14.4. The van der Waals surface area contributed by atoms with Crippen molar-refractivity contribution in [1.29, 1.82) is 0 Å². The lowest BCUT2D eigenvalue weighted by Gasteiger charge is -2.39. The van der Waals surface area contributed by atoms with Crippen molar-refractivity contribution in [3.8, 4) is 0 Å². The Kier molecular flexibility index (Phi) is 6.45. The lowest BCUT2D eigenvalue weighted by molar-refractivity contribution is 0.171. The maximum Gasteiger partial charge on any atom is 0.149 e. The highest BCUT2D eigenvalue weighted by molar-refractivity contribution is 5.97. The monoisotopic (exact) mass is 545 g/mol. The van der Waals surface area contributed by atoms with Gasteiger partial charge in [0.15, 0.2) is 0 Å². The first-order valence-electron chi connectivity index (χ1n) is 14.8. The molecule has 4 heterocycles. The van der Waals surface area contributed by atoms with Gasteiger partial charge in [-0.15, -0.1) is 0 Å². The van der Waals surface area contributed by atoms with E-state index in [4.69, 9.17) is 15.0 Å². The van der Waals surface area contributed by atoms with E-state index in [1.54, 1.807) is 0 Å². The van der Waals surface area contributed by atoms with Crippen molar-refractivity contribution in [2.24, 2.45) is 10.9 Å². The van der Waals surface area contributed by atoms with Crippen molar-refractivity contribution in [2.45, 2.75) is 82.3 Å². The van der Waals surface area contributed by atoms with E-state index in [0.29, 0.717) is 36.2 Å². The lowest BCUT2D eigenvalue weighted by atomic mass is 9.94. The number of fused-ring (bicyclic) bond motifs is 2. The maximum atomic E-state index is 14.4. The highest BCUT2D eigenvalue weighted by Gasteiger charge is 2.49. The third kappa shape index (κ3) is 4.72. The molecular weight excluding hydrogens is 508 g/mol. The van der Waals surface area contributed by atoms with Gasteiger partial charge in [0, 0.05) is 56.1 Å². The van der Waals surface area contributed by atoms with E-state index in [1.807, 2.05) is 12.4 Å². The summed E-state index contributed by atoms with van der Waals surface area (Å²) in [5.74, 6) is 2.06. The molecule has 0 spiro atoms. The standard InChI is InChI=1S/C31H37F2N7/c1-17(2)40-11-9-19(10-12-40)39(3)31-28-22(18-7-8-18)15-34-16-26(28)36-30(38-31)21-14-27(35-25-13-20(21)25)37-29-23(32)5-4-6-24(29)33/h4-6,15-21,25H,7-14H2,1-3H3,(H,35,37). The van der Waals surface area contributed by atoms with Crippen LogP contribution < -0.4 is 10.2 Å². The number of pyridine rings is 1. The molecule has 40 heavy (non-hydrogen) atoms. The average molecular weight is 546 g/mol. The molecule has 2 aliphatic carbocycles. The number of hydrogen-bond donors (Lipinski definition) is 1. The Balaban J connectivity index is 1.23. The van der Waals surface area contributed by atoms with E-state index >= 15 is 0 Å². The first-order valence-corrected chi connectivity index (χ1v) is 14.8. The Labute approximate surface area is 234 Å². The zero-order chi connectivity index (χ0) is 27.5. The van der Waals surface area contributed by atoms with Gasteiger partial charge in [0.2, 0.25) is 0 Å². The zero-order valence-electron chi connectivity index (χ0n) is 23.4. The molecule has 3 unspecified atom stereocenters. The fourth-order valence-electron chi connectivity index (χ4n) is 6.72. The molecule has 3 atom stereocenters. The largest absolute Gasteiger partial charge is 0.356 e. The van der Waals surface area contributed by atoms with Crippen LogP contribution in [0.3, 0.4) is 0 Å². The summed E-state index contributed by atoms with van der Waals surface area (Å²) in [6.07, 6.45) is 9.91. The second kappa shape index (κ2) is 10.0. The number of likely N-dealkylation sites (tertiary alicyclic amines) is 1. The van der Waals surface area contributed by atoms with E-state index < -0.39 is 11.6 Å². The number of piperidine rings is 1. The SMILES string of the molecule is CC(C)N1CCC(N(C)c2nc(C3CC(Nc4c(F)cccc4F)=NC4CC43)nc3cncc(C4CC4)c23)CC1. The average Bonchev–Trinajstić information content (AvgIpc) is 3.88. The molecule has 4 aliphatic rings. The van der Waals surface area contributed by atoms with E-state index in [9.17, 15) is 8.78 Å². The minimum Gasteiger partial charge on any atom is -0.356 e. The van der Waals surface area contributed by atoms with Gasteiger partial charge in [-0.05, 0) is 75.5 Å². The minimum atomic E-state index is -0.620. The molecule has 2 saturated carbocycles. The summed E-state index contributed by atoms with van der Waals surface area (Å²) < 4.78 is 28.8. The van der Waals surface area contributed by atoms with Gasteiger partial charge in [-0.2, -0.15) is 0 Å². The number of benzene rings is 1. The summed E-state index contributed by atoms with van der Waals surface area (Å²) >= 11 is 0. The molecule has 1 saturated heterocycles. The van der Waals surface area contributed by atoms with Crippen LogP contribution in [0.15, 0.2) is 35.6 Å². The van der Waals surface area contributed by atoms with Crippen LogP contribution in [0.25, 0.3) is 10.9 Å². The molecule has 1 N–H and O–H groups in total. The second-order valence-electron chi connectivity index (χ2n) is 12.3. The van der Waals surface area contributed by atoms with Crippen molar-refractivity contribution >= 4 is 28.2 Å². The number of rotatable bonds is 6. The number of hydrogen-bond acceptors (Lipinski definition) is 7. The number of nitrogens with zero attached hydrogens (tertiary/aromatic N) is 6. The van der Waals surface area contributed by atoms with Gasteiger partial charge in [0.25, 0.3) is 0 Å². The molecule has 7 nitrogen and oxygen atoms in total. The van der Waals surface area contributed by atoms with Gasteiger partial charge in [0.1, 0.15) is 34.8 Å². The summed E-state index contributed by atoms with van der Waals surface area (Å²) in [6, 6.07) is 4.99. The highest BCUT2D eigenvalue weighted by Crippen LogP contribution is 2.51. The zero-order valence-corrected chi connectivity index (χ0v) is 23.4.